The van der Waals surface area contributed by atoms with Crippen molar-refractivity contribution in [2.75, 3.05) is 0 Å². The monoisotopic (exact) mass is 205 g/mol. The molecule has 2 rings (SSSR count). The van der Waals surface area contributed by atoms with Crippen LogP contribution in [0, 0.1) is 28.6 Å². The Labute approximate surface area is 93.5 Å². The first kappa shape index (κ1) is 10.9. The highest BCUT2D eigenvalue weighted by Crippen LogP contribution is 2.56. The lowest BCUT2D eigenvalue weighted by molar-refractivity contribution is 0.221. The lowest BCUT2D eigenvalue weighted by Crippen LogP contribution is -2.38. The third-order valence-corrected chi connectivity index (χ3v) is 5.15. The van der Waals surface area contributed by atoms with Crippen molar-refractivity contribution in [3.63, 3.8) is 0 Å². The van der Waals surface area contributed by atoms with E-state index in [1.165, 1.54) is 31.3 Å². The fraction of sp³-hybridized carbons (Fsp3) is 0.786. The van der Waals surface area contributed by atoms with Crippen LogP contribution in [0.1, 0.15) is 46.5 Å². The molecule has 2 aliphatic carbocycles. The molecule has 4 atom stereocenters. The zero-order valence-electron chi connectivity index (χ0n) is 10.3. The molecule has 0 heterocycles. The van der Waals surface area contributed by atoms with E-state index in [1.807, 2.05) is 6.92 Å². The summed E-state index contributed by atoms with van der Waals surface area (Å²) < 4.78 is 0. The SMILES string of the molecule is C=C(C)C(C)(C(C)=N)C1CC2CCC1C2. The van der Waals surface area contributed by atoms with Gasteiger partial charge in [0.25, 0.3) is 0 Å². The highest BCUT2D eigenvalue weighted by Gasteiger charge is 2.49. The first-order chi connectivity index (χ1) is 6.96. The minimum absolute atomic E-state index is 0.0279. The Morgan fingerprint density at radius 2 is 1.93 bits per heavy atom. The maximum atomic E-state index is 8.06. The van der Waals surface area contributed by atoms with E-state index in [1.54, 1.807) is 0 Å². The van der Waals surface area contributed by atoms with E-state index in [0.717, 1.165) is 17.5 Å². The molecule has 0 aliphatic heterocycles. The van der Waals surface area contributed by atoms with E-state index in [0.29, 0.717) is 5.92 Å². The first-order valence-corrected chi connectivity index (χ1v) is 6.18. The molecule has 2 aliphatic rings. The Kier molecular flexibility index (Phi) is 2.52. The molecule has 2 bridgehead atoms. The fourth-order valence-electron chi connectivity index (χ4n) is 3.87. The molecule has 1 nitrogen and oxygen atoms in total. The van der Waals surface area contributed by atoms with Gasteiger partial charge in [0.05, 0.1) is 0 Å². The maximum Gasteiger partial charge on any atom is 0.0283 e. The predicted molar refractivity (Wildman–Crippen MR) is 65.3 cm³/mol. The molecule has 0 saturated heterocycles. The van der Waals surface area contributed by atoms with Gasteiger partial charge < -0.3 is 5.41 Å². The van der Waals surface area contributed by atoms with Gasteiger partial charge in [-0.15, -0.1) is 0 Å². The van der Waals surface area contributed by atoms with Crippen molar-refractivity contribution in [3.8, 4) is 0 Å². The normalized spacial score (nSPS) is 37.7. The molecule has 0 amide bonds. The van der Waals surface area contributed by atoms with Crippen molar-refractivity contribution in [2.24, 2.45) is 23.2 Å². The smallest absolute Gasteiger partial charge is 0.0283 e. The van der Waals surface area contributed by atoms with Crippen LogP contribution in [0.4, 0.5) is 0 Å². The van der Waals surface area contributed by atoms with Crippen LogP contribution in [-0.2, 0) is 0 Å². The highest BCUT2D eigenvalue weighted by atomic mass is 14.6. The maximum absolute atomic E-state index is 8.06. The van der Waals surface area contributed by atoms with Crippen molar-refractivity contribution < 1.29 is 0 Å². The van der Waals surface area contributed by atoms with Gasteiger partial charge in [0.2, 0.25) is 0 Å². The van der Waals surface area contributed by atoms with Crippen molar-refractivity contribution in [2.45, 2.75) is 46.5 Å². The zero-order chi connectivity index (χ0) is 11.2. The lowest BCUT2D eigenvalue weighted by atomic mass is 9.63. The number of fused-ring (bicyclic) bond motifs is 2. The summed E-state index contributed by atoms with van der Waals surface area (Å²) >= 11 is 0. The van der Waals surface area contributed by atoms with Crippen LogP contribution >= 0.6 is 0 Å². The van der Waals surface area contributed by atoms with Gasteiger partial charge in [-0.2, -0.15) is 0 Å². The van der Waals surface area contributed by atoms with Gasteiger partial charge in [0, 0.05) is 11.1 Å². The van der Waals surface area contributed by atoms with E-state index >= 15 is 0 Å². The Hall–Kier alpha value is -0.590. The van der Waals surface area contributed by atoms with Crippen LogP contribution in [0.3, 0.4) is 0 Å². The number of nitrogens with one attached hydrogen (secondary N) is 1. The summed E-state index contributed by atoms with van der Waals surface area (Å²) in [6, 6.07) is 0. The molecule has 1 N–H and O–H groups in total. The van der Waals surface area contributed by atoms with E-state index in [9.17, 15) is 0 Å². The van der Waals surface area contributed by atoms with Crippen molar-refractivity contribution in [1.29, 1.82) is 5.41 Å². The summed E-state index contributed by atoms with van der Waals surface area (Å²) in [5.74, 6) is 2.53. The van der Waals surface area contributed by atoms with Gasteiger partial charge in [0.1, 0.15) is 0 Å². The number of hydrogen-bond donors (Lipinski definition) is 1. The molecule has 4 unspecified atom stereocenters. The Morgan fingerprint density at radius 3 is 2.27 bits per heavy atom. The van der Waals surface area contributed by atoms with Crippen LogP contribution in [0.25, 0.3) is 0 Å². The average Bonchev–Trinajstić information content (AvgIpc) is 2.76. The second-order valence-electron chi connectivity index (χ2n) is 5.89. The molecule has 0 aromatic heterocycles. The predicted octanol–water partition coefficient (Wildman–Crippen LogP) is 4.04. The summed E-state index contributed by atoms with van der Waals surface area (Å²) in [7, 11) is 0. The topological polar surface area (TPSA) is 23.9 Å². The molecule has 1 heteroatoms. The second kappa shape index (κ2) is 3.47. The van der Waals surface area contributed by atoms with Crippen LogP contribution < -0.4 is 0 Å². The lowest BCUT2D eigenvalue weighted by Gasteiger charge is -2.40. The van der Waals surface area contributed by atoms with E-state index in [4.69, 9.17) is 5.41 Å². The van der Waals surface area contributed by atoms with E-state index in [-0.39, 0.29) is 5.41 Å². The molecular formula is C14H23N. The first-order valence-electron chi connectivity index (χ1n) is 6.18. The minimum Gasteiger partial charge on any atom is -0.309 e. The molecule has 0 spiro atoms. The molecule has 0 radical (unpaired) electrons. The van der Waals surface area contributed by atoms with Gasteiger partial charge in [-0.05, 0) is 50.9 Å². The van der Waals surface area contributed by atoms with Gasteiger partial charge in [-0.1, -0.05) is 25.5 Å². The number of allylic oxidation sites excluding steroid dienone is 1. The van der Waals surface area contributed by atoms with Crippen molar-refractivity contribution >= 4 is 5.71 Å². The van der Waals surface area contributed by atoms with Crippen molar-refractivity contribution in [3.05, 3.63) is 12.2 Å². The third-order valence-electron chi connectivity index (χ3n) is 5.15. The summed E-state index contributed by atoms with van der Waals surface area (Å²) in [4.78, 5) is 0. The highest BCUT2D eigenvalue weighted by molar-refractivity contribution is 5.88. The molecule has 0 aromatic rings. The van der Waals surface area contributed by atoms with Crippen LogP contribution in [0.15, 0.2) is 12.2 Å². The van der Waals surface area contributed by atoms with Gasteiger partial charge >= 0.3 is 0 Å². The van der Waals surface area contributed by atoms with Gasteiger partial charge in [-0.3, -0.25) is 0 Å². The summed E-state index contributed by atoms with van der Waals surface area (Å²) in [5, 5.41) is 8.06. The Balaban J connectivity index is 2.27. The van der Waals surface area contributed by atoms with Crippen LogP contribution in [0.5, 0.6) is 0 Å². The molecule has 15 heavy (non-hydrogen) atoms. The minimum atomic E-state index is -0.0279. The summed E-state index contributed by atoms with van der Waals surface area (Å²) in [6.45, 7) is 10.4. The molecule has 0 aromatic carbocycles. The zero-order valence-corrected chi connectivity index (χ0v) is 10.3. The van der Waals surface area contributed by atoms with Crippen LogP contribution in [-0.4, -0.2) is 5.71 Å². The van der Waals surface area contributed by atoms with Gasteiger partial charge in [-0.25, -0.2) is 0 Å². The number of hydrogen-bond acceptors (Lipinski definition) is 1. The molecule has 2 fully saturated rings. The second-order valence-corrected chi connectivity index (χ2v) is 5.89. The average molecular weight is 205 g/mol. The summed E-state index contributed by atoms with van der Waals surface area (Å²) in [6.07, 6.45) is 5.58. The van der Waals surface area contributed by atoms with Crippen LogP contribution in [0.2, 0.25) is 0 Å². The van der Waals surface area contributed by atoms with E-state index < -0.39 is 0 Å². The van der Waals surface area contributed by atoms with Crippen molar-refractivity contribution in [1.82, 2.24) is 0 Å². The Bertz CT molecular complexity index is 288. The standard InChI is InChI=1S/C14H23N/c1-9(2)14(4,10(3)15)13-8-11-5-6-12(13)7-11/h11-13,15H,1,5-8H2,2-4H3. The molecule has 84 valence electrons. The Morgan fingerprint density at radius 1 is 1.27 bits per heavy atom. The molecular weight excluding hydrogens is 182 g/mol. The third kappa shape index (κ3) is 1.47. The molecule has 2 saturated carbocycles. The number of rotatable bonds is 3. The fourth-order valence-corrected chi connectivity index (χ4v) is 3.87. The van der Waals surface area contributed by atoms with Gasteiger partial charge in [0.15, 0.2) is 0 Å². The largest absolute Gasteiger partial charge is 0.309 e. The quantitative estimate of drug-likeness (QED) is 0.531. The summed E-state index contributed by atoms with van der Waals surface area (Å²) in [5.41, 5.74) is 1.97. The van der Waals surface area contributed by atoms with E-state index in [2.05, 4.69) is 20.4 Å².